The Balaban J connectivity index is 2.19. The number of carbonyl (C=O) groups is 2. The zero-order chi connectivity index (χ0) is 23.8. The number of anilines is 1. The molecule has 172 valence electrons. The summed E-state index contributed by atoms with van der Waals surface area (Å²) in [6.45, 7) is 1.21. The number of nitro groups is 1. The number of hydrogen-bond donors (Lipinski definition) is 1. The molecule has 0 bridgehead atoms. The van der Waals surface area contributed by atoms with Crippen LogP contribution in [0.5, 0.6) is 23.0 Å². The van der Waals surface area contributed by atoms with Gasteiger partial charge < -0.3 is 29.0 Å². The number of methoxy groups -OCH3 is 3. The summed E-state index contributed by atoms with van der Waals surface area (Å²) in [5, 5.41) is 14.1. The summed E-state index contributed by atoms with van der Waals surface area (Å²) in [5.74, 6) is -1.01. The van der Waals surface area contributed by atoms with Crippen LogP contribution in [0.3, 0.4) is 0 Å². The zero-order valence-corrected chi connectivity index (χ0v) is 18.5. The van der Waals surface area contributed by atoms with Crippen molar-refractivity contribution >= 4 is 34.9 Å². The molecule has 0 saturated carbocycles. The number of rotatable bonds is 10. The maximum Gasteiger partial charge on any atom is 0.345 e. The van der Waals surface area contributed by atoms with Crippen molar-refractivity contribution in [3.8, 4) is 23.0 Å². The summed E-state index contributed by atoms with van der Waals surface area (Å²) in [7, 11) is 4.12. The molecule has 0 unspecified atom stereocenters. The Bertz CT molecular complexity index is 1030. The van der Waals surface area contributed by atoms with Gasteiger partial charge in [0.15, 0.2) is 18.1 Å². The summed E-state index contributed by atoms with van der Waals surface area (Å²) in [6, 6.07) is 5.06. The number of esters is 1. The van der Waals surface area contributed by atoms with Crippen molar-refractivity contribution in [1.82, 2.24) is 0 Å². The van der Waals surface area contributed by atoms with Crippen LogP contribution in [0.4, 0.5) is 11.4 Å². The number of halogens is 1. The number of hydrogen-bond acceptors (Lipinski definition) is 9. The van der Waals surface area contributed by atoms with Gasteiger partial charge in [-0.1, -0.05) is 11.6 Å². The minimum Gasteiger partial charge on any atom is -0.495 e. The molecule has 1 N–H and O–H groups in total. The normalized spacial score (nSPS) is 10.2. The van der Waals surface area contributed by atoms with E-state index in [1.807, 2.05) is 0 Å². The molecule has 2 rings (SSSR count). The average molecular weight is 469 g/mol. The molecule has 0 saturated heterocycles. The summed E-state index contributed by atoms with van der Waals surface area (Å²) >= 11 is 6.06. The van der Waals surface area contributed by atoms with Crippen molar-refractivity contribution in [2.75, 3.05) is 39.9 Å². The highest BCUT2D eigenvalue weighted by molar-refractivity contribution is 6.32. The van der Waals surface area contributed by atoms with Gasteiger partial charge in [-0.2, -0.15) is 0 Å². The van der Waals surface area contributed by atoms with Gasteiger partial charge in [0, 0.05) is 12.1 Å². The van der Waals surface area contributed by atoms with Gasteiger partial charge >= 0.3 is 5.97 Å². The topological polar surface area (TPSA) is 135 Å². The predicted octanol–water partition coefficient (Wildman–Crippen LogP) is 3.47. The largest absolute Gasteiger partial charge is 0.495 e. The van der Waals surface area contributed by atoms with E-state index in [0.717, 1.165) is 12.1 Å². The lowest BCUT2D eigenvalue weighted by atomic mass is 10.1. The van der Waals surface area contributed by atoms with E-state index in [1.54, 1.807) is 6.92 Å². The molecule has 0 aliphatic rings. The fourth-order valence-corrected chi connectivity index (χ4v) is 2.89. The number of carbonyl (C=O) groups excluding carboxylic acids is 2. The molecule has 0 heterocycles. The smallest absolute Gasteiger partial charge is 0.345 e. The van der Waals surface area contributed by atoms with Crippen LogP contribution in [0, 0.1) is 10.1 Å². The first-order valence-electron chi connectivity index (χ1n) is 9.13. The Kier molecular flexibility index (Phi) is 8.47. The Hall–Kier alpha value is -3.73. The molecule has 0 radical (unpaired) electrons. The molecule has 11 nitrogen and oxygen atoms in total. The maximum absolute atomic E-state index is 12.5. The van der Waals surface area contributed by atoms with Crippen molar-refractivity contribution in [3.05, 3.63) is 45.0 Å². The lowest BCUT2D eigenvalue weighted by Gasteiger charge is -2.13. The third kappa shape index (κ3) is 5.70. The van der Waals surface area contributed by atoms with E-state index in [2.05, 4.69) is 5.32 Å². The summed E-state index contributed by atoms with van der Waals surface area (Å²) in [5.41, 5.74) is -0.732. The van der Waals surface area contributed by atoms with E-state index >= 15 is 0 Å². The van der Waals surface area contributed by atoms with Crippen molar-refractivity contribution in [3.63, 3.8) is 0 Å². The van der Waals surface area contributed by atoms with Crippen molar-refractivity contribution < 1.29 is 38.2 Å². The monoisotopic (exact) mass is 468 g/mol. The van der Waals surface area contributed by atoms with E-state index in [9.17, 15) is 19.7 Å². The van der Waals surface area contributed by atoms with Gasteiger partial charge in [0.05, 0.1) is 49.6 Å². The summed E-state index contributed by atoms with van der Waals surface area (Å²) < 4.78 is 25.6. The van der Waals surface area contributed by atoms with Gasteiger partial charge in [-0.3, -0.25) is 14.9 Å². The van der Waals surface area contributed by atoms with E-state index in [1.165, 1.54) is 33.5 Å². The van der Waals surface area contributed by atoms with Crippen LogP contribution in [0.15, 0.2) is 24.3 Å². The molecule has 2 aromatic carbocycles. The number of nitrogens with one attached hydrogen (secondary N) is 1. The van der Waals surface area contributed by atoms with Crippen LogP contribution in [-0.2, 0) is 9.53 Å². The number of benzene rings is 2. The van der Waals surface area contributed by atoms with Crippen LogP contribution in [-0.4, -0.2) is 51.3 Å². The molecule has 0 atom stereocenters. The Morgan fingerprint density at radius 3 is 2.22 bits per heavy atom. The lowest BCUT2D eigenvalue weighted by molar-refractivity contribution is -0.385. The molecule has 0 aliphatic carbocycles. The van der Waals surface area contributed by atoms with Gasteiger partial charge in [-0.25, -0.2) is 4.79 Å². The lowest BCUT2D eigenvalue weighted by Crippen LogP contribution is -2.21. The van der Waals surface area contributed by atoms with Crippen LogP contribution < -0.4 is 24.3 Å². The van der Waals surface area contributed by atoms with Gasteiger partial charge in [-0.05, 0) is 13.0 Å². The molecule has 0 fully saturated rings. The third-order valence-corrected chi connectivity index (χ3v) is 4.38. The Morgan fingerprint density at radius 2 is 1.66 bits per heavy atom. The molecule has 0 spiro atoms. The number of ether oxygens (including phenoxy) is 5. The van der Waals surface area contributed by atoms with E-state index < -0.39 is 34.7 Å². The first-order chi connectivity index (χ1) is 15.2. The second-order valence-corrected chi connectivity index (χ2v) is 6.43. The van der Waals surface area contributed by atoms with Gasteiger partial charge in [0.25, 0.3) is 11.6 Å². The first-order valence-corrected chi connectivity index (χ1v) is 9.51. The van der Waals surface area contributed by atoms with Crippen molar-refractivity contribution in [2.24, 2.45) is 0 Å². The second kappa shape index (κ2) is 11.0. The fraction of sp³-hybridized carbons (Fsp3) is 0.300. The standard InChI is InChI=1S/C20H21ClN2O9/c1-5-31-18-6-11(14(23(26)27)8-17(18)30-4)20(25)32-10-19(24)22-13-7-12(21)15(28-2)9-16(13)29-3/h6-9H,5,10H2,1-4H3,(H,22,24). The molecule has 12 heteroatoms. The molecule has 1 amide bonds. The molecular formula is C20H21ClN2O9. The molecule has 0 aromatic heterocycles. The second-order valence-electron chi connectivity index (χ2n) is 6.02. The molecule has 2 aromatic rings. The molecule has 0 aliphatic heterocycles. The number of nitrogens with zero attached hydrogens (tertiary/aromatic N) is 1. The van der Waals surface area contributed by atoms with E-state index in [-0.39, 0.29) is 34.6 Å². The van der Waals surface area contributed by atoms with Crippen molar-refractivity contribution in [2.45, 2.75) is 6.92 Å². The minimum atomic E-state index is -1.09. The summed E-state index contributed by atoms with van der Waals surface area (Å²) in [6.07, 6.45) is 0. The Labute approximate surface area is 188 Å². The van der Waals surface area contributed by atoms with Gasteiger partial charge in [-0.15, -0.1) is 0 Å². The molecule has 32 heavy (non-hydrogen) atoms. The maximum atomic E-state index is 12.5. The highest BCUT2D eigenvalue weighted by Gasteiger charge is 2.26. The van der Waals surface area contributed by atoms with E-state index in [4.69, 9.17) is 35.3 Å². The van der Waals surface area contributed by atoms with Gasteiger partial charge in [0.1, 0.15) is 17.1 Å². The third-order valence-electron chi connectivity index (χ3n) is 4.08. The average Bonchev–Trinajstić information content (AvgIpc) is 2.77. The minimum absolute atomic E-state index is 0.0799. The SMILES string of the molecule is CCOc1cc(C(=O)OCC(=O)Nc2cc(Cl)c(OC)cc2OC)c([N+](=O)[O-])cc1OC. The van der Waals surface area contributed by atoms with Crippen molar-refractivity contribution in [1.29, 1.82) is 0 Å². The van der Waals surface area contributed by atoms with Crippen LogP contribution in [0.1, 0.15) is 17.3 Å². The van der Waals surface area contributed by atoms with E-state index in [0.29, 0.717) is 5.75 Å². The van der Waals surface area contributed by atoms with Crippen LogP contribution in [0.2, 0.25) is 5.02 Å². The number of nitro benzene ring substituents is 1. The van der Waals surface area contributed by atoms with Gasteiger partial charge in [0.2, 0.25) is 0 Å². The first kappa shape index (κ1) is 24.5. The predicted molar refractivity (Wildman–Crippen MR) is 114 cm³/mol. The number of amides is 1. The Morgan fingerprint density at radius 1 is 1.00 bits per heavy atom. The molecular weight excluding hydrogens is 448 g/mol. The zero-order valence-electron chi connectivity index (χ0n) is 17.7. The fourth-order valence-electron chi connectivity index (χ4n) is 2.64. The van der Waals surface area contributed by atoms with Crippen LogP contribution >= 0.6 is 11.6 Å². The quantitative estimate of drug-likeness (QED) is 0.315. The highest BCUT2D eigenvalue weighted by Crippen LogP contribution is 2.36. The summed E-state index contributed by atoms with van der Waals surface area (Å²) in [4.78, 5) is 35.4. The highest BCUT2D eigenvalue weighted by atomic mass is 35.5. The van der Waals surface area contributed by atoms with Crippen LogP contribution in [0.25, 0.3) is 0 Å².